The highest BCUT2D eigenvalue weighted by Gasteiger charge is 2.25. The van der Waals surface area contributed by atoms with Gasteiger partial charge in [-0.1, -0.05) is 0 Å². The van der Waals surface area contributed by atoms with E-state index in [1.807, 2.05) is 17.8 Å². The van der Waals surface area contributed by atoms with Gasteiger partial charge in [0.05, 0.1) is 6.20 Å². The summed E-state index contributed by atoms with van der Waals surface area (Å²) in [6.07, 6.45) is 4.96. The largest absolute Gasteiger partial charge is 0.457 e. The molecule has 1 aromatic heterocycles. The van der Waals surface area contributed by atoms with Crippen LogP contribution in [-0.4, -0.2) is 15.7 Å². The van der Waals surface area contributed by atoms with E-state index in [9.17, 15) is 4.79 Å². The minimum atomic E-state index is -0.103. The number of cyclic esters (lactones) is 1. The van der Waals surface area contributed by atoms with Gasteiger partial charge < -0.3 is 4.74 Å². The normalized spacial score (nSPS) is 21.9. The number of esters is 1. The maximum atomic E-state index is 10.9. The second kappa shape index (κ2) is 3.20. The molecule has 2 heterocycles. The summed E-state index contributed by atoms with van der Waals surface area (Å²) in [7, 11) is 0. The van der Waals surface area contributed by atoms with E-state index in [0.717, 1.165) is 18.5 Å². The van der Waals surface area contributed by atoms with Crippen molar-refractivity contribution in [1.29, 1.82) is 0 Å². The minimum Gasteiger partial charge on any atom is -0.457 e. The van der Waals surface area contributed by atoms with Gasteiger partial charge in [0.15, 0.2) is 0 Å². The molecule has 1 aromatic rings. The number of nitrogens with zero attached hydrogens (tertiary/aromatic N) is 2. The molecule has 4 nitrogen and oxygen atoms in total. The highest BCUT2D eigenvalue weighted by molar-refractivity contribution is 5.71. The number of aromatic nitrogens is 2. The molecule has 1 saturated heterocycles. The van der Waals surface area contributed by atoms with Gasteiger partial charge in [-0.15, -0.1) is 0 Å². The first-order valence-corrected chi connectivity index (χ1v) is 4.51. The third-order valence-corrected chi connectivity index (χ3v) is 2.23. The van der Waals surface area contributed by atoms with Crippen LogP contribution in [0, 0.1) is 0 Å². The second-order valence-corrected chi connectivity index (χ2v) is 3.15. The number of hydrogen-bond donors (Lipinski definition) is 0. The molecule has 4 heteroatoms. The highest BCUT2D eigenvalue weighted by atomic mass is 16.5. The Labute approximate surface area is 76.5 Å². The van der Waals surface area contributed by atoms with Crippen molar-refractivity contribution in [3.63, 3.8) is 0 Å². The minimum absolute atomic E-state index is 0.0622. The fourth-order valence-corrected chi connectivity index (χ4v) is 1.48. The lowest BCUT2D eigenvalue weighted by atomic mass is 10.1. The lowest BCUT2D eigenvalue weighted by molar-refractivity contribution is -0.141. The molecule has 0 N–H and O–H groups in total. The SMILES string of the molecule is CCn1cc(C2CCC(=O)O2)cn1. The molecule has 0 aliphatic carbocycles. The van der Waals surface area contributed by atoms with Gasteiger partial charge in [-0.3, -0.25) is 9.48 Å². The molecular formula is C9H12N2O2. The van der Waals surface area contributed by atoms with Crippen LogP contribution in [0.1, 0.15) is 31.4 Å². The molecule has 1 aliphatic heterocycles. The summed E-state index contributed by atoms with van der Waals surface area (Å²) in [6, 6.07) is 0. The zero-order valence-electron chi connectivity index (χ0n) is 7.56. The number of carbonyl (C=O) groups excluding carboxylic acids is 1. The average molecular weight is 180 g/mol. The van der Waals surface area contributed by atoms with Crippen LogP contribution in [0.4, 0.5) is 0 Å². The van der Waals surface area contributed by atoms with E-state index in [2.05, 4.69) is 5.10 Å². The molecule has 1 unspecified atom stereocenters. The summed E-state index contributed by atoms with van der Waals surface area (Å²) in [5.74, 6) is -0.103. The van der Waals surface area contributed by atoms with E-state index in [1.165, 1.54) is 0 Å². The van der Waals surface area contributed by atoms with Gasteiger partial charge >= 0.3 is 5.97 Å². The van der Waals surface area contributed by atoms with E-state index in [1.54, 1.807) is 6.20 Å². The molecule has 70 valence electrons. The van der Waals surface area contributed by atoms with Gasteiger partial charge in [0.25, 0.3) is 0 Å². The molecular weight excluding hydrogens is 168 g/mol. The molecule has 0 bridgehead atoms. The number of carbonyl (C=O) groups is 1. The van der Waals surface area contributed by atoms with Crippen LogP contribution in [0.5, 0.6) is 0 Å². The van der Waals surface area contributed by atoms with Crippen molar-refractivity contribution < 1.29 is 9.53 Å². The summed E-state index contributed by atoms with van der Waals surface area (Å²) in [4.78, 5) is 10.9. The summed E-state index contributed by atoms with van der Waals surface area (Å²) in [6.45, 7) is 2.87. The molecule has 13 heavy (non-hydrogen) atoms. The quantitative estimate of drug-likeness (QED) is 0.644. The van der Waals surface area contributed by atoms with Gasteiger partial charge in [0.1, 0.15) is 6.10 Å². The third-order valence-electron chi connectivity index (χ3n) is 2.23. The monoisotopic (exact) mass is 180 g/mol. The average Bonchev–Trinajstić information content (AvgIpc) is 2.71. The zero-order valence-corrected chi connectivity index (χ0v) is 7.56. The molecule has 2 rings (SSSR count). The number of ether oxygens (including phenoxy) is 1. The summed E-state index contributed by atoms with van der Waals surface area (Å²) < 4.78 is 6.95. The van der Waals surface area contributed by atoms with Crippen LogP contribution in [0.15, 0.2) is 12.4 Å². The van der Waals surface area contributed by atoms with Gasteiger partial charge in [-0.2, -0.15) is 5.10 Å². The van der Waals surface area contributed by atoms with Gasteiger partial charge in [-0.25, -0.2) is 0 Å². The molecule has 1 aliphatic rings. The van der Waals surface area contributed by atoms with Crippen molar-refractivity contribution in [1.82, 2.24) is 9.78 Å². The van der Waals surface area contributed by atoms with Crippen LogP contribution in [0.2, 0.25) is 0 Å². The standard InChI is InChI=1S/C9H12N2O2/c1-2-11-6-7(5-10-11)8-3-4-9(12)13-8/h5-6,8H,2-4H2,1H3. The van der Waals surface area contributed by atoms with Crippen LogP contribution in [0.25, 0.3) is 0 Å². The van der Waals surface area contributed by atoms with Crippen molar-refractivity contribution >= 4 is 5.97 Å². The van der Waals surface area contributed by atoms with Crippen LogP contribution < -0.4 is 0 Å². The summed E-state index contributed by atoms with van der Waals surface area (Å²) in [5.41, 5.74) is 1.01. The molecule has 0 aromatic carbocycles. The van der Waals surface area contributed by atoms with Gasteiger partial charge in [-0.05, 0) is 13.3 Å². The topological polar surface area (TPSA) is 44.1 Å². The molecule has 0 radical (unpaired) electrons. The summed E-state index contributed by atoms with van der Waals surface area (Å²) in [5, 5.41) is 4.13. The smallest absolute Gasteiger partial charge is 0.306 e. The Morgan fingerprint density at radius 2 is 2.62 bits per heavy atom. The van der Waals surface area contributed by atoms with Gasteiger partial charge in [0, 0.05) is 24.7 Å². The lowest BCUT2D eigenvalue weighted by Gasteiger charge is -2.04. The first-order valence-electron chi connectivity index (χ1n) is 4.51. The molecule has 1 fully saturated rings. The lowest BCUT2D eigenvalue weighted by Crippen LogP contribution is -1.97. The number of rotatable bonds is 2. The Morgan fingerprint density at radius 3 is 3.15 bits per heavy atom. The number of hydrogen-bond acceptors (Lipinski definition) is 3. The van der Waals surface area contributed by atoms with Crippen LogP contribution in [0.3, 0.4) is 0 Å². The van der Waals surface area contributed by atoms with Crippen LogP contribution >= 0.6 is 0 Å². The van der Waals surface area contributed by atoms with E-state index in [4.69, 9.17) is 4.74 Å². The Balaban J connectivity index is 2.12. The number of aryl methyl sites for hydroxylation is 1. The van der Waals surface area contributed by atoms with E-state index in [-0.39, 0.29) is 12.1 Å². The van der Waals surface area contributed by atoms with E-state index < -0.39 is 0 Å². The van der Waals surface area contributed by atoms with Crippen molar-refractivity contribution in [2.75, 3.05) is 0 Å². The highest BCUT2D eigenvalue weighted by Crippen LogP contribution is 2.28. The Morgan fingerprint density at radius 1 is 1.77 bits per heavy atom. The fourth-order valence-electron chi connectivity index (χ4n) is 1.48. The molecule has 0 amide bonds. The van der Waals surface area contributed by atoms with Crippen molar-refractivity contribution in [2.24, 2.45) is 0 Å². The van der Waals surface area contributed by atoms with Crippen molar-refractivity contribution in [3.8, 4) is 0 Å². The Kier molecular flexibility index (Phi) is 2.04. The van der Waals surface area contributed by atoms with Crippen molar-refractivity contribution in [2.45, 2.75) is 32.4 Å². The van der Waals surface area contributed by atoms with Crippen LogP contribution in [-0.2, 0) is 16.1 Å². The zero-order chi connectivity index (χ0) is 9.26. The van der Waals surface area contributed by atoms with E-state index in [0.29, 0.717) is 6.42 Å². The first kappa shape index (κ1) is 8.29. The van der Waals surface area contributed by atoms with Crippen molar-refractivity contribution in [3.05, 3.63) is 18.0 Å². The van der Waals surface area contributed by atoms with E-state index >= 15 is 0 Å². The maximum absolute atomic E-state index is 10.9. The third kappa shape index (κ3) is 1.56. The second-order valence-electron chi connectivity index (χ2n) is 3.15. The first-order chi connectivity index (χ1) is 6.29. The van der Waals surface area contributed by atoms with Gasteiger partial charge in [0.2, 0.25) is 0 Å². The summed E-state index contributed by atoms with van der Waals surface area (Å²) >= 11 is 0. The fraction of sp³-hybridized carbons (Fsp3) is 0.556. The molecule has 0 saturated carbocycles. The molecule has 1 atom stereocenters. The predicted octanol–water partition coefficient (Wildman–Crippen LogP) is 1.28. The Bertz CT molecular complexity index is 319. The molecule has 0 spiro atoms. The Hall–Kier alpha value is -1.32. The predicted molar refractivity (Wildman–Crippen MR) is 46.0 cm³/mol. The maximum Gasteiger partial charge on any atom is 0.306 e.